The van der Waals surface area contributed by atoms with Crippen molar-refractivity contribution in [2.24, 2.45) is 0 Å². The van der Waals surface area contributed by atoms with Crippen molar-refractivity contribution in [1.29, 1.82) is 0 Å². The van der Waals surface area contributed by atoms with Gasteiger partial charge in [-0.1, -0.05) is 12.1 Å². The number of ether oxygens (including phenoxy) is 1. The van der Waals surface area contributed by atoms with Crippen LogP contribution in [-0.2, 0) is 11.2 Å². The molecule has 0 N–H and O–H groups in total. The molecule has 0 atom stereocenters. The second-order valence-electron chi connectivity index (χ2n) is 3.96. The van der Waals surface area contributed by atoms with Crippen molar-refractivity contribution in [3.63, 3.8) is 0 Å². The van der Waals surface area contributed by atoms with Gasteiger partial charge in [0.05, 0.1) is 12.3 Å². The van der Waals surface area contributed by atoms with E-state index in [4.69, 9.17) is 9.26 Å². The maximum absolute atomic E-state index is 12.0. The summed E-state index contributed by atoms with van der Waals surface area (Å²) in [6.07, 6.45) is 0.556. The minimum atomic E-state index is -0.446. The summed E-state index contributed by atoms with van der Waals surface area (Å²) in [7, 11) is 0. The first-order chi connectivity index (χ1) is 9.17. The number of aromatic nitrogens is 3. The summed E-state index contributed by atoms with van der Waals surface area (Å²) in [6.45, 7) is 5.77. The van der Waals surface area contributed by atoms with E-state index in [0.717, 1.165) is 5.69 Å². The van der Waals surface area contributed by atoms with Crippen molar-refractivity contribution < 1.29 is 14.1 Å². The Kier molecular flexibility index (Phi) is 3.89. The van der Waals surface area contributed by atoms with Crippen LogP contribution in [0, 0.1) is 6.92 Å². The van der Waals surface area contributed by atoms with Gasteiger partial charge < -0.3 is 9.26 Å². The molecule has 0 aliphatic carbocycles. The summed E-state index contributed by atoms with van der Waals surface area (Å²) < 4.78 is 10.2. The zero-order chi connectivity index (χ0) is 13.8. The summed E-state index contributed by atoms with van der Waals surface area (Å²) in [5.74, 6) is 0.0498. The van der Waals surface area contributed by atoms with E-state index in [-0.39, 0.29) is 0 Å². The van der Waals surface area contributed by atoms with Gasteiger partial charge >= 0.3 is 5.97 Å². The van der Waals surface area contributed by atoms with Crippen LogP contribution in [0.2, 0.25) is 0 Å². The quantitative estimate of drug-likeness (QED) is 0.785. The van der Waals surface area contributed by atoms with Gasteiger partial charge in [0, 0.05) is 6.42 Å². The van der Waals surface area contributed by atoms with Gasteiger partial charge in [-0.15, -0.1) is 5.10 Å². The predicted molar refractivity (Wildman–Crippen MR) is 67.6 cm³/mol. The molecule has 0 fully saturated rings. The highest BCUT2D eigenvalue weighted by atomic mass is 16.5. The van der Waals surface area contributed by atoms with Gasteiger partial charge in [-0.05, 0) is 26.0 Å². The molecule has 0 aliphatic rings. The fraction of sp³-hybridized carbons (Fsp3) is 0.385. The smallest absolute Gasteiger partial charge is 0.344 e. The Labute approximate surface area is 110 Å². The molecule has 0 aromatic carbocycles. The highest BCUT2D eigenvalue weighted by Crippen LogP contribution is 2.25. The van der Waals surface area contributed by atoms with Crippen LogP contribution in [0.25, 0.3) is 11.4 Å². The molecular formula is C13H15N3O3. The third-order valence-electron chi connectivity index (χ3n) is 2.60. The van der Waals surface area contributed by atoms with Crippen LogP contribution in [-0.4, -0.2) is 27.9 Å². The Hall–Kier alpha value is -2.24. The van der Waals surface area contributed by atoms with E-state index in [1.165, 1.54) is 0 Å². The van der Waals surface area contributed by atoms with Crippen molar-refractivity contribution in [3.8, 4) is 11.4 Å². The largest absolute Gasteiger partial charge is 0.462 e. The van der Waals surface area contributed by atoms with E-state index in [9.17, 15) is 4.79 Å². The van der Waals surface area contributed by atoms with Gasteiger partial charge in [0.15, 0.2) is 5.76 Å². The maximum atomic E-state index is 12.0. The highest BCUT2D eigenvalue weighted by molar-refractivity contribution is 5.96. The average molecular weight is 261 g/mol. The Morgan fingerprint density at radius 3 is 2.68 bits per heavy atom. The third-order valence-corrected chi connectivity index (χ3v) is 2.60. The fourth-order valence-corrected chi connectivity index (χ4v) is 1.68. The molecule has 0 saturated carbocycles. The van der Waals surface area contributed by atoms with Crippen molar-refractivity contribution in [3.05, 3.63) is 29.2 Å². The lowest BCUT2D eigenvalue weighted by Gasteiger charge is -2.02. The first-order valence-electron chi connectivity index (χ1n) is 6.13. The molecule has 0 saturated heterocycles. The molecule has 2 aromatic heterocycles. The molecule has 0 spiro atoms. The SMILES string of the molecule is CCOC(=O)c1c(-c2ccc(C)nn2)noc1CC. The predicted octanol–water partition coefficient (Wildman–Crippen LogP) is 2.18. The zero-order valence-corrected chi connectivity index (χ0v) is 11.1. The van der Waals surface area contributed by atoms with Crippen LogP contribution < -0.4 is 0 Å². The normalized spacial score (nSPS) is 10.5. The molecule has 6 heteroatoms. The first-order valence-corrected chi connectivity index (χ1v) is 6.13. The molecule has 0 aliphatic heterocycles. The standard InChI is InChI=1S/C13H15N3O3/c1-4-10-11(13(17)18-5-2)12(16-19-10)9-7-6-8(3)14-15-9/h6-7H,4-5H2,1-3H3. The summed E-state index contributed by atoms with van der Waals surface area (Å²) in [4.78, 5) is 12.0. The molecule has 0 radical (unpaired) electrons. The van der Waals surface area contributed by atoms with E-state index in [1.54, 1.807) is 19.1 Å². The van der Waals surface area contributed by atoms with Crippen LogP contribution in [0.4, 0.5) is 0 Å². The Morgan fingerprint density at radius 1 is 1.32 bits per heavy atom. The Balaban J connectivity index is 2.48. The van der Waals surface area contributed by atoms with Gasteiger partial charge in [-0.2, -0.15) is 5.10 Å². The van der Waals surface area contributed by atoms with Crippen molar-refractivity contribution in [1.82, 2.24) is 15.4 Å². The number of esters is 1. The van der Waals surface area contributed by atoms with E-state index in [1.807, 2.05) is 13.8 Å². The van der Waals surface area contributed by atoms with Crippen LogP contribution in [0.5, 0.6) is 0 Å². The molecule has 0 unspecified atom stereocenters. The van der Waals surface area contributed by atoms with Crippen LogP contribution in [0.1, 0.15) is 35.7 Å². The lowest BCUT2D eigenvalue weighted by molar-refractivity contribution is 0.0524. The number of aryl methyl sites for hydroxylation is 2. The maximum Gasteiger partial charge on any atom is 0.344 e. The second-order valence-corrected chi connectivity index (χ2v) is 3.96. The van der Waals surface area contributed by atoms with Crippen LogP contribution in [0.15, 0.2) is 16.7 Å². The van der Waals surface area contributed by atoms with Gasteiger partial charge in [0.2, 0.25) is 0 Å². The van der Waals surface area contributed by atoms with Gasteiger partial charge in [0.25, 0.3) is 0 Å². The first kappa shape index (κ1) is 13.2. The molecule has 2 heterocycles. The fourth-order valence-electron chi connectivity index (χ4n) is 1.68. The Bertz CT molecular complexity index is 575. The lowest BCUT2D eigenvalue weighted by Crippen LogP contribution is -2.08. The number of carbonyl (C=O) groups is 1. The number of carbonyl (C=O) groups excluding carboxylic acids is 1. The number of nitrogens with zero attached hydrogens (tertiary/aromatic N) is 3. The molecule has 2 rings (SSSR count). The molecule has 2 aromatic rings. The lowest BCUT2D eigenvalue weighted by atomic mass is 10.1. The molecule has 0 amide bonds. The number of hydrogen-bond acceptors (Lipinski definition) is 6. The summed E-state index contributed by atoms with van der Waals surface area (Å²) in [5, 5.41) is 11.9. The van der Waals surface area contributed by atoms with Gasteiger partial charge in [0.1, 0.15) is 17.0 Å². The minimum absolute atomic E-state index is 0.298. The van der Waals surface area contributed by atoms with E-state index in [2.05, 4.69) is 15.4 Å². The zero-order valence-electron chi connectivity index (χ0n) is 11.1. The van der Waals surface area contributed by atoms with Crippen LogP contribution in [0.3, 0.4) is 0 Å². The van der Waals surface area contributed by atoms with Crippen molar-refractivity contribution in [2.75, 3.05) is 6.61 Å². The summed E-state index contributed by atoms with van der Waals surface area (Å²) in [5.41, 5.74) is 2.00. The summed E-state index contributed by atoms with van der Waals surface area (Å²) >= 11 is 0. The van der Waals surface area contributed by atoms with Crippen molar-refractivity contribution >= 4 is 5.97 Å². The van der Waals surface area contributed by atoms with E-state index >= 15 is 0 Å². The highest BCUT2D eigenvalue weighted by Gasteiger charge is 2.25. The Morgan fingerprint density at radius 2 is 2.11 bits per heavy atom. The van der Waals surface area contributed by atoms with E-state index in [0.29, 0.717) is 35.7 Å². The average Bonchev–Trinajstić information content (AvgIpc) is 2.83. The molecular weight excluding hydrogens is 246 g/mol. The second kappa shape index (κ2) is 5.60. The van der Waals surface area contributed by atoms with Crippen molar-refractivity contribution in [2.45, 2.75) is 27.2 Å². The summed E-state index contributed by atoms with van der Waals surface area (Å²) in [6, 6.07) is 3.56. The minimum Gasteiger partial charge on any atom is -0.462 e. The number of rotatable bonds is 4. The number of hydrogen-bond donors (Lipinski definition) is 0. The van der Waals surface area contributed by atoms with Crippen LogP contribution >= 0.6 is 0 Å². The van der Waals surface area contributed by atoms with Gasteiger partial charge in [-0.3, -0.25) is 0 Å². The monoisotopic (exact) mass is 261 g/mol. The van der Waals surface area contributed by atoms with E-state index < -0.39 is 5.97 Å². The molecule has 19 heavy (non-hydrogen) atoms. The molecule has 100 valence electrons. The topological polar surface area (TPSA) is 78.1 Å². The third kappa shape index (κ3) is 2.62. The molecule has 6 nitrogen and oxygen atoms in total. The molecule has 0 bridgehead atoms. The van der Waals surface area contributed by atoms with Gasteiger partial charge in [-0.25, -0.2) is 4.79 Å².